The second-order valence-corrected chi connectivity index (χ2v) is 7.60. The van der Waals surface area contributed by atoms with Gasteiger partial charge in [0.15, 0.2) is 0 Å². The van der Waals surface area contributed by atoms with Gasteiger partial charge in [-0.15, -0.1) is 0 Å². The maximum Gasteiger partial charge on any atom is 0.324 e. The molecule has 2 aromatic rings. The Kier molecular flexibility index (Phi) is 6.04. The monoisotopic (exact) mass is 381 g/mol. The van der Waals surface area contributed by atoms with Gasteiger partial charge in [-0.25, -0.2) is 13.4 Å². The molecule has 1 aromatic carbocycles. The van der Waals surface area contributed by atoms with Gasteiger partial charge in [0, 0.05) is 18.3 Å². The average molecular weight is 381 g/mol. The third kappa shape index (κ3) is 4.05. The number of H-pyrrole nitrogens is 1. The number of hydrogen-bond acceptors (Lipinski definition) is 6. The zero-order valence-corrected chi connectivity index (χ0v) is 16.2. The molecule has 0 saturated heterocycles. The first kappa shape index (κ1) is 19.9. The first-order valence-corrected chi connectivity index (χ1v) is 9.41. The minimum Gasteiger partial charge on any atom is -0.496 e. The molecule has 26 heavy (non-hydrogen) atoms. The Morgan fingerprint density at radius 1 is 1.27 bits per heavy atom. The number of carbonyl (C=O) groups excluding carboxylic acids is 1. The van der Waals surface area contributed by atoms with Gasteiger partial charge >= 0.3 is 5.97 Å². The average Bonchev–Trinajstić information content (AvgIpc) is 3.09. The van der Waals surface area contributed by atoms with Gasteiger partial charge in [0.05, 0.1) is 25.4 Å². The molecule has 0 bridgehead atoms. The minimum atomic E-state index is -3.97. The number of hydrogen-bond donors (Lipinski definition) is 2. The summed E-state index contributed by atoms with van der Waals surface area (Å²) in [6.45, 7) is 5.18. The van der Waals surface area contributed by atoms with Crippen LogP contribution < -0.4 is 9.46 Å². The van der Waals surface area contributed by atoms with Crippen molar-refractivity contribution in [2.75, 3.05) is 14.2 Å². The maximum absolute atomic E-state index is 13.0. The van der Waals surface area contributed by atoms with Gasteiger partial charge in [0.2, 0.25) is 10.0 Å². The summed E-state index contributed by atoms with van der Waals surface area (Å²) in [6.07, 6.45) is 3.08. The molecule has 0 aliphatic heterocycles. The third-order valence-corrected chi connectivity index (χ3v) is 5.99. The van der Waals surface area contributed by atoms with Crippen molar-refractivity contribution in [1.29, 1.82) is 0 Å². The van der Waals surface area contributed by atoms with Crippen LogP contribution in [0, 0.1) is 20.8 Å². The van der Waals surface area contributed by atoms with Gasteiger partial charge < -0.3 is 14.5 Å². The molecular formula is C17H23N3O5S. The van der Waals surface area contributed by atoms with Crippen LogP contribution in [-0.2, 0) is 26.0 Å². The highest BCUT2D eigenvalue weighted by molar-refractivity contribution is 7.89. The lowest BCUT2D eigenvalue weighted by Crippen LogP contribution is -2.43. The van der Waals surface area contributed by atoms with E-state index in [4.69, 9.17) is 9.47 Å². The molecule has 0 aliphatic carbocycles. The van der Waals surface area contributed by atoms with Crippen molar-refractivity contribution < 1.29 is 22.7 Å². The lowest BCUT2D eigenvalue weighted by molar-refractivity contribution is -0.142. The Hall–Kier alpha value is -2.39. The number of ether oxygens (including phenoxy) is 2. The summed E-state index contributed by atoms with van der Waals surface area (Å²) in [6, 6.07) is 0.588. The number of aromatic amines is 1. The lowest BCUT2D eigenvalue weighted by atomic mass is 10.1. The highest BCUT2D eigenvalue weighted by Crippen LogP contribution is 2.30. The van der Waals surface area contributed by atoms with Crippen LogP contribution in [0.1, 0.15) is 22.4 Å². The molecule has 0 saturated carbocycles. The van der Waals surface area contributed by atoms with Gasteiger partial charge in [0.25, 0.3) is 0 Å². The molecule has 0 aliphatic rings. The summed E-state index contributed by atoms with van der Waals surface area (Å²) in [7, 11) is -1.22. The highest BCUT2D eigenvalue weighted by Gasteiger charge is 2.30. The maximum atomic E-state index is 13.0. The number of esters is 1. The van der Waals surface area contributed by atoms with Crippen molar-refractivity contribution in [2.24, 2.45) is 0 Å². The zero-order valence-electron chi connectivity index (χ0n) is 15.4. The molecule has 2 N–H and O–H groups in total. The molecule has 0 fully saturated rings. The van der Waals surface area contributed by atoms with E-state index in [0.29, 0.717) is 22.6 Å². The molecule has 0 radical (unpaired) electrons. The Bertz CT molecular complexity index is 892. The molecule has 8 nitrogen and oxygen atoms in total. The zero-order chi connectivity index (χ0) is 19.5. The molecule has 0 unspecified atom stereocenters. The fourth-order valence-corrected chi connectivity index (χ4v) is 4.54. The van der Waals surface area contributed by atoms with Crippen molar-refractivity contribution in [1.82, 2.24) is 14.7 Å². The van der Waals surface area contributed by atoms with E-state index in [9.17, 15) is 13.2 Å². The molecule has 1 heterocycles. The van der Waals surface area contributed by atoms with Crippen LogP contribution in [0.15, 0.2) is 23.5 Å². The number of sulfonamides is 1. The second kappa shape index (κ2) is 7.88. The molecule has 2 rings (SSSR count). The smallest absolute Gasteiger partial charge is 0.324 e. The van der Waals surface area contributed by atoms with Gasteiger partial charge in [-0.05, 0) is 43.5 Å². The normalized spacial score (nSPS) is 12.7. The number of benzene rings is 1. The molecular weight excluding hydrogens is 358 g/mol. The van der Waals surface area contributed by atoms with Crippen LogP contribution >= 0.6 is 0 Å². The van der Waals surface area contributed by atoms with Crippen LogP contribution in [0.3, 0.4) is 0 Å². The number of methoxy groups -OCH3 is 2. The summed E-state index contributed by atoms with van der Waals surface area (Å²) < 4.78 is 38.5. The third-order valence-electron chi connectivity index (χ3n) is 4.23. The topological polar surface area (TPSA) is 110 Å². The van der Waals surface area contributed by atoms with Crippen LogP contribution in [0.25, 0.3) is 0 Å². The summed E-state index contributed by atoms with van der Waals surface area (Å²) in [4.78, 5) is 18.9. The van der Waals surface area contributed by atoms with Crippen LogP contribution in [0.2, 0.25) is 0 Å². The SMILES string of the molecule is COC(=O)[C@H](Cc1cnc[nH]1)NS(=O)(=O)c1c(C)cc(OC)c(C)c1C. The molecule has 142 valence electrons. The number of nitrogens with zero attached hydrogens (tertiary/aromatic N) is 1. The predicted octanol–water partition coefficient (Wildman–Crippen LogP) is 1.41. The fraction of sp³-hybridized carbons (Fsp3) is 0.412. The molecule has 9 heteroatoms. The minimum absolute atomic E-state index is 0.0964. The lowest BCUT2D eigenvalue weighted by Gasteiger charge is -2.20. The van der Waals surface area contributed by atoms with Crippen LogP contribution in [0.5, 0.6) is 5.75 Å². The van der Waals surface area contributed by atoms with Gasteiger partial charge in [0.1, 0.15) is 11.8 Å². The van der Waals surface area contributed by atoms with E-state index in [1.54, 1.807) is 26.8 Å². The van der Waals surface area contributed by atoms with E-state index in [0.717, 1.165) is 5.56 Å². The van der Waals surface area contributed by atoms with Crippen LogP contribution in [-0.4, -0.2) is 44.6 Å². The van der Waals surface area contributed by atoms with Crippen molar-refractivity contribution in [3.8, 4) is 5.75 Å². The summed E-state index contributed by atoms with van der Waals surface area (Å²) in [5.74, 6) is -0.0651. The number of rotatable bonds is 7. The Balaban J connectivity index is 2.42. The number of aromatic nitrogens is 2. The van der Waals surface area contributed by atoms with E-state index in [2.05, 4.69) is 14.7 Å². The largest absolute Gasteiger partial charge is 0.496 e. The standard InChI is InChI=1S/C17H23N3O5S/c1-10-6-15(24-4)11(2)12(3)16(10)26(22,23)20-14(17(21)25-5)7-13-8-18-9-19-13/h6,8-9,14,20H,7H2,1-5H3,(H,18,19)/t14-/m0/s1. The van der Waals surface area contributed by atoms with Crippen molar-refractivity contribution >= 4 is 16.0 Å². The molecule has 0 amide bonds. The van der Waals surface area contributed by atoms with Crippen molar-refractivity contribution in [3.05, 3.63) is 41.0 Å². The quantitative estimate of drug-likeness (QED) is 0.702. The predicted molar refractivity (Wildman–Crippen MR) is 95.6 cm³/mol. The number of imidazole rings is 1. The molecule has 0 spiro atoms. The van der Waals surface area contributed by atoms with Crippen molar-refractivity contribution in [2.45, 2.75) is 38.1 Å². The number of carbonyl (C=O) groups is 1. The first-order chi connectivity index (χ1) is 12.2. The van der Waals surface area contributed by atoms with Gasteiger partial charge in [-0.1, -0.05) is 0 Å². The highest BCUT2D eigenvalue weighted by atomic mass is 32.2. The summed E-state index contributed by atoms with van der Waals surface area (Å²) >= 11 is 0. The second-order valence-electron chi connectivity index (χ2n) is 5.95. The van der Waals surface area contributed by atoms with Crippen LogP contribution in [0.4, 0.5) is 0 Å². The first-order valence-electron chi connectivity index (χ1n) is 7.93. The Morgan fingerprint density at radius 2 is 1.96 bits per heavy atom. The fourth-order valence-electron chi connectivity index (χ4n) is 2.82. The van der Waals surface area contributed by atoms with E-state index in [1.807, 2.05) is 0 Å². The molecule has 1 atom stereocenters. The van der Waals surface area contributed by atoms with Gasteiger partial charge in [-0.2, -0.15) is 4.72 Å². The summed E-state index contributed by atoms with van der Waals surface area (Å²) in [5, 5.41) is 0. The Labute approximate surface area is 153 Å². The number of aryl methyl sites for hydroxylation is 1. The van der Waals surface area contributed by atoms with Crippen molar-refractivity contribution in [3.63, 3.8) is 0 Å². The van der Waals surface area contributed by atoms with E-state index in [-0.39, 0.29) is 11.3 Å². The Morgan fingerprint density at radius 3 is 2.50 bits per heavy atom. The van der Waals surface area contributed by atoms with Gasteiger partial charge in [-0.3, -0.25) is 4.79 Å². The molecule has 1 aromatic heterocycles. The summed E-state index contributed by atoms with van der Waals surface area (Å²) in [5.41, 5.74) is 2.44. The van der Waals surface area contributed by atoms with E-state index in [1.165, 1.54) is 26.7 Å². The number of nitrogens with one attached hydrogen (secondary N) is 2. The van der Waals surface area contributed by atoms with E-state index < -0.39 is 22.0 Å². The van der Waals surface area contributed by atoms with E-state index >= 15 is 0 Å².